The van der Waals surface area contributed by atoms with E-state index in [1.807, 2.05) is 20.8 Å². The predicted molar refractivity (Wildman–Crippen MR) is 146 cm³/mol. The van der Waals surface area contributed by atoms with Gasteiger partial charge in [0.05, 0.1) is 12.5 Å². The Morgan fingerprint density at radius 2 is 2.00 bits per heavy atom. The lowest BCUT2D eigenvalue weighted by Crippen LogP contribution is -2.36. The zero-order valence-electron chi connectivity index (χ0n) is 22.5. The van der Waals surface area contributed by atoms with E-state index in [9.17, 15) is 23.9 Å². The number of nitrogens with one attached hydrogen (secondary N) is 1. The van der Waals surface area contributed by atoms with Gasteiger partial charge in [0.15, 0.2) is 11.6 Å². The van der Waals surface area contributed by atoms with Crippen LogP contribution in [0.25, 0.3) is 0 Å². The number of rotatable bonds is 1. The van der Waals surface area contributed by atoms with Gasteiger partial charge in [-0.05, 0) is 41.3 Å². The number of aliphatic hydroxyl groups is 1. The van der Waals surface area contributed by atoms with Gasteiger partial charge in [0.2, 0.25) is 10.6 Å². The highest BCUT2D eigenvalue weighted by Gasteiger charge is 2.35. The summed E-state index contributed by atoms with van der Waals surface area (Å²) in [6, 6.07) is 0. The van der Waals surface area contributed by atoms with Crippen LogP contribution in [-0.4, -0.2) is 64.2 Å². The molecular formula is C28H35BrFN3O6. The van der Waals surface area contributed by atoms with E-state index in [0.29, 0.717) is 12.0 Å². The molecule has 0 fully saturated rings. The molecule has 0 radical (unpaired) electrons. The van der Waals surface area contributed by atoms with Crippen LogP contribution in [0.15, 0.2) is 56.8 Å². The van der Waals surface area contributed by atoms with Crippen molar-refractivity contribution < 1.29 is 33.0 Å². The first-order chi connectivity index (χ1) is 18.5. The molecule has 0 saturated carbocycles. The van der Waals surface area contributed by atoms with Gasteiger partial charge < -0.3 is 24.5 Å². The fourth-order valence-corrected chi connectivity index (χ4v) is 4.91. The molecule has 4 atom stereocenters. The minimum absolute atomic E-state index is 0.00700. The molecule has 2 aliphatic heterocycles. The largest absolute Gasteiger partial charge is 0.457 e. The monoisotopic (exact) mass is 607 g/mol. The van der Waals surface area contributed by atoms with Crippen LogP contribution in [-0.2, 0) is 20.7 Å². The summed E-state index contributed by atoms with van der Waals surface area (Å²) in [5, 5.41) is 13.0. The highest BCUT2D eigenvalue weighted by Crippen LogP contribution is 2.27. The number of amides is 2. The van der Waals surface area contributed by atoms with Gasteiger partial charge in [-0.3, -0.25) is 9.59 Å². The van der Waals surface area contributed by atoms with Gasteiger partial charge in [-0.2, -0.15) is 0 Å². The molecule has 2 amide bonds. The number of cyclic esters (lactones) is 1. The first-order valence-corrected chi connectivity index (χ1v) is 13.8. The first kappa shape index (κ1) is 30.5. The zero-order chi connectivity index (χ0) is 28.7. The van der Waals surface area contributed by atoms with Gasteiger partial charge in [-0.15, -0.1) is 0 Å². The molecular weight excluding hydrogens is 573 g/mol. The molecule has 0 saturated heterocycles. The number of esters is 1. The Kier molecular flexibility index (Phi) is 10.8. The fourth-order valence-electron chi connectivity index (χ4n) is 4.46. The van der Waals surface area contributed by atoms with Gasteiger partial charge in [0.1, 0.15) is 18.0 Å². The normalized spacial score (nSPS) is 29.1. The highest BCUT2D eigenvalue weighted by atomic mass is 79.9. The molecule has 1 aromatic heterocycles. The van der Waals surface area contributed by atoms with Gasteiger partial charge in [0.25, 0.3) is 5.91 Å². The maximum Gasteiger partial charge on any atom is 0.355 e. The number of allylic oxidation sites excluding steroid dienone is 2. The second kappa shape index (κ2) is 13.8. The molecule has 2 aliphatic rings. The summed E-state index contributed by atoms with van der Waals surface area (Å²) in [4.78, 5) is 44.2. The molecule has 39 heavy (non-hydrogen) atoms. The number of oxazole rings is 1. The molecule has 9 nitrogen and oxygen atoms in total. The number of carbonyl (C=O) groups is 3. The third-order valence-electron chi connectivity index (χ3n) is 6.36. The molecule has 3 heterocycles. The Bertz CT molecular complexity index is 1190. The van der Waals surface area contributed by atoms with Crippen molar-refractivity contribution in [2.45, 2.75) is 65.3 Å². The molecule has 0 spiro atoms. The topological polar surface area (TPSA) is 122 Å². The summed E-state index contributed by atoms with van der Waals surface area (Å²) in [7, 11) is 0. The van der Waals surface area contributed by atoms with E-state index in [4.69, 9.17) is 9.15 Å². The number of aliphatic hydroxyl groups excluding tert-OH is 1. The summed E-state index contributed by atoms with van der Waals surface area (Å²) in [5.74, 6) is -1.90. The smallest absolute Gasteiger partial charge is 0.355 e. The van der Waals surface area contributed by atoms with Crippen LogP contribution < -0.4 is 5.32 Å². The Hall–Kier alpha value is -3.05. The maximum atomic E-state index is 14.7. The summed E-state index contributed by atoms with van der Waals surface area (Å²) in [6.45, 7) is 7.93. The quantitative estimate of drug-likeness (QED) is 0.459. The van der Waals surface area contributed by atoms with Crippen LogP contribution in [0.3, 0.4) is 0 Å². The van der Waals surface area contributed by atoms with Gasteiger partial charge in [0, 0.05) is 25.4 Å². The van der Waals surface area contributed by atoms with Crippen molar-refractivity contribution in [1.82, 2.24) is 15.2 Å². The Balaban J connectivity index is 1.90. The summed E-state index contributed by atoms with van der Waals surface area (Å²) in [6.07, 6.45) is 6.59. The Morgan fingerprint density at radius 1 is 1.26 bits per heavy atom. The predicted octanol–water partition coefficient (Wildman–Crippen LogP) is 4.19. The summed E-state index contributed by atoms with van der Waals surface area (Å²) >= 11 is 3.18. The Morgan fingerprint density at radius 3 is 2.72 bits per heavy atom. The van der Waals surface area contributed by atoms with Crippen molar-refractivity contribution >= 4 is 33.7 Å². The van der Waals surface area contributed by atoms with E-state index in [-0.39, 0.29) is 65.6 Å². The van der Waals surface area contributed by atoms with Crippen molar-refractivity contribution in [3.63, 3.8) is 0 Å². The molecule has 11 heteroatoms. The molecule has 0 aromatic carbocycles. The first-order valence-electron chi connectivity index (χ1n) is 13.0. The number of nitrogens with zero attached hydrogens (tertiary/aromatic N) is 2. The van der Waals surface area contributed by atoms with Gasteiger partial charge in [-0.1, -0.05) is 56.7 Å². The van der Waals surface area contributed by atoms with Crippen LogP contribution in [0.1, 0.15) is 56.9 Å². The van der Waals surface area contributed by atoms with Crippen LogP contribution in [0, 0.1) is 11.8 Å². The highest BCUT2D eigenvalue weighted by molar-refractivity contribution is 9.10. The lowest BCUT2D eigenvalue weighted by molar-refractivity contribution is -0.149. The SMILES string of the molecule is CC1=C\[C@@H](O)CC(F)Cc2nc(c(Br)o2)C(=O)N2CCC=C2C(=O)O[C@H](C(C)C)[C@H](C)/C=C/C(=O)NC\C=C\1. The lowest BCUT2D eigenvalue weighted by Gasteiger charge is -2.27. The Labute approximate surface area is 236 Å². The molecule has 2 bridgehead atoms. The molecule has 212 valence electrons. The van der Waals surface area contributed by atoms with E-state index < -0.39 is 30.3 Å². The van der Waals surface area contributed by atoms with Gasteiger partial charge in [-0.25, -0.2) is 14.2 Å². The van der Waals surface area contributed by atoms with Crippen LogP contribution in [0.5, 0.6) is 0 Å². The van der Waals surface area contributed by atoms with Gasteiger partial charge >= 0.3 is 5.97 Å². The van der Waals surface area contributed by atoms with E-state index in [0.717, 1.165) is 0 Å². The second-order valence-corrected chi connectivity index (χ2v) is 10.8. The number of hydrogen-bond donors (Lipinski definition) is 2. The number of fused-ring (bicyclic) bond motifs is 3. The lowest BCUT2D eigenvalue weighted by atomic mass is 9.94. The van der Waals surface area contributed by atoms with Crippen molar-refractivity contribution in [1.29, 1.82) is 0 Å². The van der Waals surface area contributed by atoms with E-state index in [1.165, 1.54) is 17.1 Å². The summed E-state index contributed by atoms with van der Waals surface area (Å²) < 4.78 is 26.0. The number of ether oxygens (including phenoxy) is 1. The van der Waals surface area contributed by atoms with Crippen molar-refractivity contribution in [2.75, 3.05) is 13.1 Å². The van der Waals surface area contributed by atoms with E-state index in [2.05, 4.69) is 26.2 Å². The van der Waals surface area contributed by atoms with Crippen molar-refractivity contribution in [2.24, 2.45) is 11.8 Å². The number of halogens is 2. The average Bonchev–Trinajstić information content (AvgIpc) is 3.49. The molecule has 0 aliphatic carbocycles. The minimum atomic E-state index is -1.48. The third-order valence-corrected chi connectivity index (χ3v) is 6.90. The number of alkyl halides is 1. The third kappa shape index (κ3) is 8.47. The summed E-state index contributed by atoms with van der Waals surface area (Å²) in [5.41, 5.74) is 0.713. The fraction of sp³-hybridized carbons (Fsp3) is 0.500. The maximum absolute atomic E-state index is 14.7. The molecule has 2 N–H and O–H groups in total. The van der Waals surface area contributed by atoms with E-state index in [1.54, 1.807) is 31.2 Å². The zero-order valence-corrected chi connectivity index (χ0v) is 24.1. The van der Waals surface area contributed by atoms with Crippen LogP contribution >= 0.6 is 15.9 Å². The molecule has 1 aromatic rings. The van der Waals surface area contributed by atoms with Crippen molar-refractivity contribution in [3.05, 3.63) is 64.0 Å². The van der Waals surface area contributed by atoms with Crippen LogP contribution in [0.4, 0.5) is 4.39 Å². The number of carbonyl (C=O) groups excluding carboxylic acids is 3. The number of aromatic nitrogens is 1. The second-order valence-electron chi connectivity index (χ2n) is 10.1. The van der Waals surface area contributed by atoms with Crippen molar-refractivity contribution in [3.8, 4) is 0 Å². The number of hydrogen-bond acceptors (Lipinski definition) is 7. The molecule has 1 unspecified atom stereocenters. The molecule has 3 rings (SSSR count). The standard InChI is InChI=1S/C28H35BrFN3O6/c1-16(2)25-18(4)9-10-22(35)31-11-5-7-17(3)13-20(34)14-19(30)15-23-32-24(26(29)38-23)27(36)33-12-6-8-21(33)28(37)39-25/h5,7-10,13,16,18-20,25,34H,6,11-12,14-15H2,1-4H3,(H,31,35)/b7-5+,10-9+,17-13+/t18-,19?,20-,25-/m1/s1. The van der Waals surface area contributed by atoms with Crippen LogP contribution in [0.2, 0.25) is 0 Å². The van der Waals surface area contributed by atoms with E-state index >= 15 is 0 Å². The average molecular weight is 609 g/mol. The minimum Gasteiger partial charge on any atom is -0.457 e.